The van der Waals surface area contributed by atoms with Crippen LogP contribution < -0.4 is 5.32 Å². The number of aromatic nitrogens is 1. The van der Waals surface area contributed by atoms with Gasteiger partial charge in [-0.05, 0) is 24.1 Å². The third kappa shape index (κ3) is 4.96. The summed E-state index contributed by atoms with van der Waals surface area (Å²) in [6, 6.07) is 14.9. The number of carbonyl (C=O) groups is 1. The topological polar surface area (TPSA) is 82.5 Å². The molecular formula is C27H34N6O3. The van der Waals surface area contributed by atoms with Crippen molar-refractivity contribution in [3.8, 4) is 0 Å². The SMILES string of the molecule is O=C(c1cccnc1NCC1=NO[C@@H]2COC[C@H]12)N1CCN(C2CCN(Cc3ccccc3)C2)CC1. The molecule has 2 aromatic rings. The highest BCUT2D eigenvalue weighted by Crippen LogP contribution is 2.26. The van der Waals surface area contributed by atoms with Crippen molar-refractivity contribution >= 4 is 17.4 Å². The maximum atomic E-state index is 13.4. The van der Waals surface area contributed by atoms with Crippen molar-refractivity contribution in [2.45, 2.75) is 25.1 Å². The summed E-state index contributed by atoms with van der Waals surface area (Å²) >= 11 is 0. The van der Waals surface area contributed by atoms with Gasteiger partial charge in [-0.3, -0.25) is 14.6 Å². The molecule has 9 heteroatoms. The highest BCUT2D eigenvalue weighted by atomic mass is 16.7. The molecule has 1 unspecified atom stereocenters. The third-order valence-electron chi connectivity index (χ3n) is 7.85. The van der Waals surface area contributed by atoms with E-state index in [1.165, 1.54) is 12.0 Å². The number of fused-ring (bicyclic) bond motifs is 1. The van der Waals surface area contributed by atoms with Crippen LogP contribution in [0.15, 0.2) is 53.8 Å². The molecule has 4 aliphatic rings. The van der Waals surface area contributed by atoms with Gasteiger partial charge in [0.15, 0.2) is 6.10 Å². The lowest BCUT2D eigenvalue weighted by molar-refractivity contribution is 0.0558. The normalized spacial score (nSPS) is 26.5. The molecule has 0 aliphatic carbocycles. The number of hydrogen-bond donors (Lipinski definition) is 1. The quantitative estimate of drug-likeness (QED) is 0.635. The number of oxime groups is 1. The van der Waals surface area contributed by atoms with E-state index in [-0.39, 0.29) is 17.9 Å². The van der Waals surface area contributed by atoms with Crippen LogP contribution in [0.1, 0.15) is 22.3 Å². The lowest BCUT2D eigenvalue weighted by Gasteiger charge is -2.38. The van der Waals surface area contributed by atoms with Crippen LogP contribution in [-0.2, 0) is 16.1 Å². The van der Waals surface area contributed by atoms with Crippen molar-refractivity contribution in [2.75, 3.05) is 64.3 Å². The van der Waals surface area contributed by atoms with Gasteiger partial charge in [0.25, 0.3) is 5.91 Å². The molecule has 1 N–H and O–H groups in total. The number of ether oxygens (including phenoxy) is 1. The second-order valence-corrected chi connectivity index (χ2v) is 10.1. The van der Waals surface area contributed by atoms with Crippen molar-refractivity contribution in [1.82, 2.24) is 19.7 Å². The molecule has 1 amide bonds. The average Bonchev–Trinajstić information content (AvgIpc) is 3.67. The third-order valence-corrected chi connectivity index (χ3v) is 7.85. The number of anilines is 1. The van der Waals surface area contributed by atoms with Crippen LogP contribution in [0.4, 0.5) is 5.82 Å². The molecule has 3 saturated heterocycles. The van der Waals surface area contributed by atoms with E-state index in [0.29, 0.717) is 37.2 Å². The standard InChI is InChI=1S/C27H34N6O3/c34-27(22-7-4-9-28-26(22)29-15-24-23-18-35-19-25(23)36-30-24)33-13-11-32(12-14-33)21-8-10-31(17-21)16-20-5-2-1-3-6-20/h1-7,9,21,23,25H,8,10-19H2,(H,28,29)/t21?,23-,25-/m1/s1. The maximum absolute atomic E-state index is 13.4. The molecule has 1 aromatic heterocycles. The minimum absolute atomic E-state index is 0.0215. The lowest BCUT2D eigenvalue weighted by Crippen LogP contribution is -2.52. The van der Waals surface area contributed by atoms with Gasteiger partial charge in [-0.2, -0.15) is 0 Å². The summed E-state index contributed by atoms with van der Waals surface area (Å²) in [5, 5.41) is 7.54. The number of carbonyl (C=O) groups excluding carboxylic acids is 1. The molecule has 3 fully saturated rings. The number of nitrogens with one attached hydrogen (secondary N) is 1. The summed E-state index contributed by atoms with van der Waals surface area (Å²) in [6.45, 7) is 8.26. The number of rotatable bonds is 7. The summed E-state index contributed by atoms with van der Waals surface area (Å²) in [6.07, 6.45) is 2.93. The lowest BCUT2D eigenvalue weighted by atomic mass is 10.0. The Morgan fingerprint density at radius 3 is 2.75 bits per heavy atom. The predicted molar refractivity (Wildman–Crippen MR) is 137 cm³/mol. The van der Waals surface area contributed by atoms with Crippen molar-refractivity contribution in [1.29, 1.82) is 0 Å². The summed E-state index contributed by atoms with van der Waals surface area (Å²) in [5.41, 5.74) is 2.91. The molecule has 36 heavy (non-hydrogen) atoms. The monoisotopic (exact) mass is 490 g/mol. The van der Waals surface area contributed by atoms with Gasteiger partial charge >= 0.3 is 0 Å². The van der Waals surface area contributed by atoms with E-state index >= 15 is 0 Å². The molecule has 9 nitrogen and oxygen atoms in total. The van der Waals surface area contributed by atoms with Crippen LogP contribution in [-0.4, -0.2) is 102 Å². The van der Waals surface area contributed by atoms with E-state index in [1.54, 1.807) is 6.20 Å². The Labute approximate surface area is 212 Å². The molecule has 4 aliphatic heterocycles. The molecule has 0 radical (unpaired) electrons. The predicted octanol–water partition coefficient (Wildman–Crippen LogP) is 1.93. The average molecular weight is 491 g/mol. The number of nitrogens with zero attached hydrogens (tertiary/aromatic N) is 5. The minimum atomic E-state index is 0.0215. The van der Waals surface area contributed by atoms with Crippen LogP contribution in [0.2, 0.25) is 0 Å². The highest BCUT2D eigenvalue weighted by molar-refractivity contribution is 6.00. The van der Waals surface area contributed by atoms with Gasteiger partial charge in [0.1, 0.15) is 5.82 Å². The Kier molecular flexibility index (Phi) is 6.85. The molecule has 5 heterocycles. The molecular weight excluding hydrogens is 456 g/mol. The first-order chi connectivity index (χ1) is 17.7. The minimum Gasteiger partial charge on any atom is -0.389 e. The van der Waals surface area contributed by atoms with Crippen LogP contribution in [0.3, 0.4) is 0 Å². The second-order valence-electron chi connectivity index (χ2n) is 10.1. The maximum Gasteiger partial charge on any atom is 0.257 e. The summed E-state index contributed by atoms with van der Waals surface area (Å²) in [4.78, 5) is 30.4. The van der Waals surface area contributed by atoms with Gasteiger partial charge in [0.2, 0.25) is 0 Å². The number of likely N-dealkylation sites (tertiary alicyclic amines) is 1. The second kappa shape index (κ2) is 10.5. The number of amides is 1. The first-order valence-electron chi connectivity index (χ1n) is 13.0. The van der Waals surface area contributed by atoms with Crippen LogP contribution >= 0.6 is 0 Å². The van der Waals surface area contributed by atoms with Gasteiger partial charge in [-0.25, -0.2) is 4.98 Å². The fraction of sp³-hybridized carbons (Fsp3) is 0.519. The van der Waals surface area contributed by atoms with E-state index in [1.807, 2.05) is 17.0 Å². The Bertz CT molecular complexity index is 1090. The van der Waals surface area contributed by atoms with E-state index in [2.05, 4.69) is 55.6 Å². The first-order valence-corrected chi connectivity index (χ1v) is 13.0. The summed E-state index contributed by atoms with van der Waals surface area (Å²) in [5.74, 6) is 0.823. The largest absolute Gasteiger partial charge is 0.389 e. The fourth-order valence-electron chi connectivity index (χ4n) is 5.76. The number of hydrogen-bond acceptors (Lipinski definition) is 8. The highest BCUT2D eigenvalue weighted by Gasteiger charge is 2.39. The van der Waals surface area contributed by atoms with Crippen LogP contribution in [0, 0.1) is 5.92 Å². The zero-order valence-electron chi connectivity index (χ0n) is 20.6. The molecule has 0 bridgehead atoms. The molecule has 0 saturated carbocycles. The Morgan fingerprint density at radius 2 is 1.89 bits per heavy atom. The smallest absolute Gasteiger partial charge is 0.257 e. The zero-order chi connectivity index (χ0) is 24.3. The van der Waals surface area contributed by atoms with Gasteiger partial charge in [-0.15, -0.1) is 0 Å². The molecule has 1 aromatic carbocycles. The van der Waals surface area contributed by atoms with Crippen LogP contribution in [0.25, 0.3) is 0 Å². The molecule has 190 valence electrons. The summed E-state index contributed by atoms with van der Waals surface area (Å²) < 4.78 is 5.50. The number of benzene rings is 1. The van der Waals surface area contributed by atoms with E-state index < -0.39 is 0 Å². The number of piperazine rings is 1. The van der Waals surface area contributed by atoms with Gasteiger partial charge < -0.3 is 19.8 Å². The molecule has 0 spiro atoms. The molecule has 3 atom stereocenters. The van der Waals surface area contributed by atoms with Crippen molar-refractivity contribution in [2.24, 2.45) is 11.1 Å². The number of pyridine rings is 1. The molecule has 6 rings (SSSR count). The summed E-state index contributed by atoms with van der Waals surface area (Å²) in [7, 11) is 0. The zero-order valence-corrected chi connectivity index (χ0v) is 20.6. The van der Waals surface area contributed by atoms with Crippen LogP contribution in [0.5, 0.6) is 0 Å². The Morgan fingerprint density at radius 1 is 1.03 bits per heavy atom. The van der Waals surface area contributed by atoms with Crippen molar-refractivity contribution < 1.29 is 14.4 Å². The van der Waals surface area contributed by atoms with Gasteiger partial charge in [-0.1, -0.05) is 35.5 Å². The van der Waals surface area contributed by atoms with E-state index in [0.717, 1.165) is 51.5 Å². The van der Waals surface area contributed by atoms with E-state index in [9.17, 15) is 4.79 Å². The fourth-order valence-corrected chi connectivity index (χ4v) is 5.76. The Hall–Kier alpha value is -3.01. The van der Waals surface area contributed by atoms with Crippen molar-refractivity contribution in [3.63, 3.8) is 0 Å². The Balaban J connectivity index is 1.01. The van der Waals surface area contributed by atoms with Gasteiger partial charge in [0.05, 0.1) is 37.0 Å². The van der Waals surface area contributed by atoms with Crippen molar-refractivity contribution in [3.05, 3.63) is 59.8 Å². The van der Waals surface area contributed by atoms with E-state index in [4.69, 9.17) is 9.57 Å². The first kappa shape index (κ1) is 23.4. The van der Waals surface area contributed by atoms with Gasteiger partial charge in [0, 0.05) is 58.1 Å².